The van der Waals surface area contributed by atoms with E-state index in [2.05, 4.69) is 32.7 Å². The summed E-state index contributed by atoms with van der Waals surface area (Å²) >= 11 is 0. The third-order valence-electron chi connectivity index (χ3n) is 4.01. The minimum atomic E-state index is -0.0874. The van der Waals surface area contributed by atoms with E-state index in [0.29, 0.717) is 18.8 Å². The summed E-state index contributed by atoms with van der Waals surface area (Å²) in [5.74, 6) is 0.519. The molecule has 0 aliphatic heterocycles. The maximum Gasteiger partial charge on any atom is 0.230 e. The number of aromatic amines is 1. The molecule has 2 N–H and O–H groups in total. The molecular formula is C18H21N5O. The van der Waals surface area contributed by atoms with E-state index in [1.165, 1.54) is 5.56 Å². The molecule has 0 unspecified atom stereocenters. The molecule has 6 nitrogen and oxygen atoms in total. The number of anilines is 1. The second kappa shape index (κ2) is 6.70. The largest absolute Gasteiger partial charge is 0.309 e. The van der Waals surface area contributed by atoms with Crippen molar-refractivity contribution < 1.29 is 4.79 Å². The summed E-state index contributed by atoms with van der Waals surface area (Å²) in [7, 11) is 0. The molecule has 0 fully saturated rings. The summed E-state index contributed by atoms with van der Waals surface area (Å²) < 4.78 is 1.84. The van der Waals surface area contributed by atoms with Crippen molar-refractivity contribution >= 4 is 11.7 Å². The molecule has 6 heteroatoms. The van der Waals surface area contributed by atoms with Crippen LogP contribution in [0, 0.1) is 20.8 Å². The fourth-order valence-corrected chi connectivity index (χ4v) is 2.67. The van der Waals surface area contributed by atoms with Gasteiger partial charge in [-0.25, -0.2) is 0 Å². The van der Waals surface area contributed by atoms with E-state index in [0.717, 1.165) is 22.5 Å². The Morgan fingerprint density at radius 3 is 2.62 bits per heavy atom. The lowest BCUT2D eigenvalue weighted by Gasteiger charge is -2.04. The lowest BCUT2D eigenvalue weighted by Crippen LogP contribution is -2.16. The zero-order valence-electron chi connectivity index (χ0n) is 14.1. The molecule has 3 aromatic rings. The second-order valence-corrected chi connectivity index (χ2v) is 5.98. The van der Waals surface area contributed by atoms with Crippen molar-refractivity contribution in [3.05, 3.63) is 64.6 Å². The Morgan fingerprint density at radius 1 is 1.21 bits per heavy atom. The fourth-order valence-electron chi connectivity index (χ4n) is 2.67. The molecule has 0 spiro atoms. The number of rotatable bonds is 5. The highest BCUT2D eigenvalue weighted by Crippen LogP contribution is 2.15. The Bertz CT molecular complexity index is 828. The number of nitrogens with one attached hydrogen (secondary N) is 2. The number of nitrogens with zero attached hydrogens (tertiary/aromatic N) is 3. The first-order valence-electron chi connectivity index (χ1n) is 7.91. The Morgan fingerprint density at radius 2 is 1.96 bits per heavy atom. The van der Waals surface area contributed by atoms with Crippen LogP contribution < -0.4 is 5.32 Å². The van der Waals surface area contributed by atoms with Gasteiger partial charge in [0.15, 0.2) is 5.82 Å². The van der Waals surface area contributed by atoms with Gasteiger partial charge in [-0.15, -0.1) is 0 Å². The first kappa shape index (κ1) is 16.0. The van der Waals surface area contributed by atoms with E-state index in [1.807, 2.05) is 49.8 Å². The number of carbonyl (C=O) groups is 1. The standard InChI is InChI=1S/C18H21N5O/c1-12-10-23(11-15-7-5-4-6-8-15)22-18(12)19-17(24)9-16-13(2)20-21-14(16)3/h4-8,10H,9,11H2,1-3H3,(H,20,21)(H,19,22,24). The number of aryl methyl sites for hydroxylation is 3. The van der Waals surface area contributed by atoms with Gasteiger partial charge >= 0.3 is 0 Å². The number of amides is 1. The Kier molecular flexibility index (Phi) is 4.46. The maximum absolute atomic E-state index is 12.3. The van der Waals surface area contributed by atoms with E-state index < -0.39 is 0 Å². The molecule has 0 aliphatic carbocycles. The van der Waals surface area contributed by atoms with Crippen LogP contribution in [-0.2, 0) is 17.8 Å². The first-order chi connectivity index (χ1) is 11.5. The van der Waals surface area contributed by atoms with Gasteiger partial charge in [0.2, 0.25) is 5.91 Å². The van der Waals surface area contributed by atoms with Crippen molar-refractivity contribution in [3.63, 3.8) is 0 Å². The summed E-state index contributed by atoms with van der Waals surface area (Å²) in [4.78, 5) is 12.3. The Labute approximate surface area is 140 Å². The number of aromatic nitrogens is 4. The van der Waals surface area contributed by atoms with Crippen LogP contribution in [0.5, 0.6) is 0 Å². The number of carbonyl (C=O) groups excluding carboxylic acids is 1. The van der Waals surface area contributed by atoms with Gasteiger partial charge in [-0.2, -0.15) is 10.2 Å². The molecule has 1 aromatic carbocycles. The van der Waals surface area contributed by atoms with E-state index in [9.17, 15) is 4.79 Å². The van der Waals surface area contributed by atoms with Crippen LogP contribution in [0.25, 0.3) is 0 Å². The van der Waals surface area contributed by atoms with E-state index >= 15 is 0 Å². The average molecular weight is 323 g/mol. The predicted molar refractivity (Wildman–Crippen MR) is 92.9 cm³/mol. The van der Waals surface area contributed by atoms with Gasteiger partial charge < -0.3 is 5.32 Å². The molecule has 1 amide bonds. The minimum Gasteiger partial charge on any atom is -0.309 e. The van der Waals surface area contributed by atoms with Gasteiger partial charge in [0.1, 0.15) is 0 Å². The van der Waals surface area contributed by atoms with Gasteiger partial charge in [-0.1, -0.05) is 30.3 Å². The number of benzene rings is 1. The zero-order valence-corrected chi connectivity index (χ0v) is 14.1. The quantitative estimate of drug-likeness (QED) is 0.758. The SMILES string of the molecule is Cc1cn(Cc2ccccc2)nc1NC(=O)Cc1c(C)n[nH]c1C. The van der Waals surface area contributed by atoms with E-state index in [1.54, 1.807) is 0 Å². The first-order valence-corrected chi connectivity index (χ1v) is 7.91. The normalized spacial score (nSPS) is 10.8. The van der Waals surface area contributed by atoms with Crippen molar-refractivity contribution in [3.8, 4) is 0 Å². The van der Waals surface area contributed by atoms with Gasteiger partial charge in [0.25, 0.3) is 0 Å². The lowest BCUT2D eigenvalue weighted by atomic mass is 10.1. The van der Waals surface area contributed by atoms with Gasteiger partial charge in [-0.3, -0.25) is 14.6 Å². The predicted octanol–water partition coefficient (Wildman–Crippen LogP) is 2.76. The highest BCUT2D eigenvalue weighted by molar-refractivity contribution is 5.92. The zero-order chi connectivity index (χ0) is 17.1. The molecule has 2 heterocycles. The summed E-state index contributed by atoms with van der Waals surface area (Å²) in [5, 5.41) is 14.4. The molecule has 0 radical (unpaired) electrons. The highest BCUT2D eigenvalue weighted by Gasteiger charge is 2.14. The number of hydrogen-bond donors (Lipinski definition) is 2. The Balaban J connectivity index is 1.68. The van der Waals surface area contributed by atoms with Crippen molar-refractivity contribution in [1.29, 1.82) is 0 Å². The summed E-state index contributed by atoms with van der Waals surface area (Å²) in [6.45, 7) is 6.43. The third-order valence-corrected chi connectivity index (χ3v) is 4.01. The Hall–Kier alpha value is -2.89. The van der Waals surface area contributed by atoms with Crippen molar-refractivity contribution in [1.82, 2.24) is 20.0 Å². The monoisotopic (exact) mass is 323 g/mol. The van der Waals surface area contributed by atoms with Crippen LogP contribution in [0.3, 0.4) is 0 Å². The molecule has 3 rings (SSSR count). The van der Waals surface area contributed by atoms with Gasteiger partial charge in [0.05, 0.1) is 18.7 Å². The molecule has 0 aliphatic rings. The molecular weight excluding hydrogens is 302 g/mol. The highest BCUT2D eigenvalue weighted by atomic mass is 16.1. The second-order valence-electron chi connectivity index (χ2n) is 5.98. The molecule has 0 atom stereocenters. The summed E-state index contributed by atoms with van der Waals surface area (Å²) in [6, 6.07) is 10.1. The number of hydrogen-bond acceptors (Lipinski definition) is 3. The van der Waals surface area contributed by atoms with Gasteiger partial charge in [-0.05, 0) is 26.3 Å². The average Bonchev–Trinajstić information content (AvgIpc) is 3.05. The fraction of sp³-hybridized carbons (Fsp3) is 0.278. The molecule has 0 saturated carbocycles. The van der Waals surface area contributed by atoms with Gasteiger partial charge in [0, 0.05) is 23.0 Å². The van der Waals surface area contributed by atoms with Crippen molar-refractivity contribution in [2.45, 2.75) is 33.7 Å². The van der Waals surface area contributed by atoms with Crippen LogP contribution >= 0.6 is 0 Å². The summed E-state index contributed by atoms with van der Waals surface area (Å²) in [5.41, 5.74) is 4.83. The molecule has 124 valence electrons. The maximum atomic E-state index is 12.3. The van der Waals surface area contributed by atoms with E-state index in [-0.39, 0.29) is 5.91 Å². The van der Waals surface area contributed by atoms with Crippen LogP contribution in [0.4, 0.5) is 5.82 Å². The molecule has 24 heavy (non-hydrogen) atoms. The molecule has 0 bridgehead atoms. The topological polar surface area (TPSA) is 75.6 Å². The van der Waals surface area contributed by atoms with Crippen LogP contribution in [0.2, 0.25) is 0 Å². The summed E-state index contributed by atoms with van der Waals surface area (Å²) in [6.07, 6.45) is 2.23. The van der Waals surface area contributed by atoms with E-state index in [4.69, 9.17) is 0 Å². The van der Waals surface area contributed by atoms with Crippen LogP contribution in [-0.4, -0.2) is 25.9 Å². The minimum absolute atomic E-state index is 0.0874. The third kappa shape index (κ3) is 3.53. The van der Waals surface area contributed by atoms with Crippen LogP contribution in [0.15, 0.2) is 36.5 Å². The molecule has 2 aromatic heterocycles. The smallest absolute Gasteiger partial charge is 0.230 e. The van der Waals surface area contributed by atoms with Crippen molar-refractivity contribution in [2.75, 3.05) is 5.32 Å². The molecule has 0 saturated heterocycles. The lowest BCUT2D eigenvalue weighted by molar-refractivity contribution is -0.115. The van der Waals surface area contributed by atoms with Crippen molar-refractivity contribution in [2.24, 2.45) is 0 Å². The number of H-pyrrole nitrogens is 1. The van der Waals surface area contributed by atoms with Crippen LogP contribution in [0.1, 0.15) is 28.1 Å².